The maximum atomic E-state index is 13.4. The molecule has 0 unspecified atom stereocenters. The molecule has 3 aromatic rings. The minimum atomic E-state index is -4.60. The summed E-state index contributed by atoms with van der Waals surface area (Å²) < 4.78 is 45.0. The number of ether oxygens (including phenoxy) is 1. The Morgan fingerprint density at radius 1 is 1.22 bits per heavy atom. The summed E-state index contributed by atoms with van der Waals surface area (Å²) in [5.74, 6) is -0.673. The van der Waals surface area contributed by atoms with Crippen molar-refractivity contribution < 1.29 is 22.7 Å². The molecule has 27 heavy (non-hydrogen) atoms. The smallest absolute Gasteiger partial charge is 0.417 e. The normalized spacial score (nSPS) is 11.3. The van der Waals surface area contributed by atoms with Gasteiger partial charge in [-0.2, -0.15) is 13.2 Å². The van der Waals surface area contributed by atoms with Crippen molar-refractivity contribution in [3.8, 4) is 16.3 Å². The Labute approximate surface area is 155 Å². The average molecular weight is 395 g/mol. The van der Waals surface area contributed by atoms with Gasteiger partial charge >= 0.3 is 6.18 Å². The quantitative estimate of drug-likeness (QED) is 0.726. The zero-order valence-corrected chi connectivity index (χ0v) is 14.9. The Bertz CT molecular complexity index is 990. The van der Waals surface area contributed by atoms with Gasteiger partial charge in [-0.05, 0) is 36.0 Å². The molecule has 3 rings (SSSR count). The van der Waals surface area contributed by atoms with Crippen molar-refractivity contribution in [2.75, 3.05) is 12.4 Å². The third-order valence-corrected chi connectivity index (χ3v) is 4.30. The lowest BCUT2D eigenvalue weighted by atomic mass is 9.97. The van der Waals surface area contributed by atoms with Crippen molar-refractivity contribution in [2.45, 2.75) is 13.1 Å². The van der Waals surface area contributed by atoms with Gasteiger partial charge in [0.1, 0.15) is 0 Å². The second-order valence-corrected chi connectivity index (χ2v) is 6.26. The van der Waals surface area contributed by atoms with E-state index in [1.165, 1.54) is 19.4 Å². The van der Waals surface area contributed by atoms with Crippen LogP contribution in [0.2, 0.25) is 0 Å². The fraction of sp³-hybridized carbons (Fsp3) is 0.188. The van der Waals surface area contributed by atoms with Crippen molar-refractivity contribution in [3.05, 3.63) is 47.5 Å². The van der Waals surface area contributed by atoms with E-state index in [4.69, 9.17) is 4.74 Å². The standard InChI is InChI=1S/C16H12F3N5O2S/c1-8-5-9(10-6-20-4-3-12(10)16(17,18)19)11(7-21-8)13(25)22-14-23-24-15(26-2)27-14/h3-7H,1-2H3,(H,22,23,25). The lowest BCUT2D eigenvalue weighted by molar-refractivity contribution is -0.137. The molecule has 11 heteroatoms. The van der Waals surface area contributed by atoms with Gasteiger partial charge in [-0.25, -0.2) is 0 Å². The Morgan fingerprint density at radius 3 is 2.67 bits per heavy atom. The fourth-order valence-corrected chi connectivity index (χ4v) is 2.88. The first-order chi connectivity index (χ1) is 12.8. The lowest BCUT2D eigenvalue weighted by Gasteiger charge is -2.15. The number of hydrogen-bond acceptors (Lipinski definition) is 7. The van der Waals surface area contributed by atoms with E-state index < -0.39 is 17.6 Å². The Kier molecular flexibility index (Phi) is 5.04. The molecule has 0 radical (unpaired) electrons. The summed E-state index contributed by atoms with van der Waals surface area (Å²) in [5.41, 5.74) is -0.633. The first kappa shape index (κ1) is 18.7. The maximum Gasteiger partial charge on any atom is 0.417 e. The number of amides is 1. The van der Waals surface area contributed by atoms with E-state index in [0.717, 1.165) is 29.8 Å². The molecule has 3 heterocycles. The molecule has 0 saturated heterocycles. The van der Waals surface area contributed by atoms with Crippen LogP contribution in [0.3, 0.4) is 0 Å². The van der Waals surface area contributed by atoms with Crippen molar-refractivity contribution in [1.29, 1.82) is 0 Å². The SMILES string of the molecule is COc1nnc(NC(=O)c2cnc(C)cc2-c2cnccc2C(F)(F)F)s1. The monoisotopic (exact) mass is 395 g/mol. The predicted molar refractivity (Wildman–Crippen MR) is 91.6 cm³/mol. The summed E-state index contributed by atoms with van der Waals surface area (Å²) in [6.45, 7) is 1.62. The molecule has 7 nitrogen and oxygen atoms in total. The van der Waals surface area contributed by atoms with Gasteiger partial charge in [0.05, 0.1) is 18.2 Å². The highest BCUT2D eigenvalue weighted by atomic mass is 32.1. The highest BCUT2D eigenvalue weighted by molar-refractivity contribution is 7.17. The number of rotatable bonds is 4. The van der Waals surface area contributed by atoms with Crippen molar-refractivity contribution >= 4 is 22.4 Å². The van der Waals surface area contributed by atoms with Crippen LogP contribution in [0, 0.1) is 6.92 Å². The highest BCUT2D eigenvalue weighted by Gasteiger charge is 2.34. The fourth-order valence-electron chi connectivity index (χ4n) is 2.33. The molecule has 0 aliphatic carbocycles. The number of anilines is 1. The minimum absolute atomic E-state index is 0.0479. The molecule has 0 aliphatic rings. The molecule has 0 spiro atoms. The van der Waals surface area contributed by atoms with Crippen LogP contribution in [0.5, 0.6) is 5.19 Å². The number of methoxy groups -OCH3 is 1. The Hall–Kier alpha value is -3.08. The number of carbonyl (C=O) groups excluding carboxylic acids is 1. The van der Waals surface area contributed by atoms with Gasteiger partial charge < -0.3 is 4.74 Å². The number of aromatic nitrogens is 4. The number of halogens is 3. The van der Waals surface area contributed by atoms with E-state index in [1.807, 2.05) is 0 Å². The Balaban J connectivity index is 2.05. The van der Waals surface area contributed by atoms with E-state index in [1.54, 1.807) is 6.92 Å². The molecular formula is C16H12F3N5O2S. The van der Waals surface area contributed by atoms with Crippen LogP contribution >= 0.6 is 11.3 Å². The lowest BCUT2D eigenvalue weighted by Crippen LogP contribution is -2.15. The second-order valence-electron chi connectivity index (χ2n) is 5.32. The van der Waals surface area contributed by atoms with Gasteiger partial charge in [-0.1, -0.05) is 5.10 Å². The summed E-state index contributed by atoms with van der Waals surface area (Å²) in [4.78, 5) is 20.4. The van der Waals surface area contributed by atoms with Crippen LogP contribution in [0.1, 0.15) is 21.6 Å². The maximum absolute atomic E-state index is 13.4. The number of carbonyl (C=O) groups is 1. The summed E-state index contributed by atoms with van der Waals surface area (Å²) in [6, 6.07) is 2.27. The number of aryl methyl sites for hydroxylation is 1. The van der Waals surface area contributed by atoms with Gasteiger partial charge in [-0.3, -0.25) is 20.1 Å². The van der Waals surface area contributed by atoms with Gasteiger partial charge in [0.2, 0.25) is 5.13 Å². The van der Waals surface area contributed by atoms with Crippen LogP contribution < -0.4 is 10.1 Å². The number of hydrogen-bond donors (Lipinski definition) is 1. The summed E-state index contributed by atoms with van der Waals surface area (Å²) in [7, 11) is 1.40. The largest absolute Gasteiger partial charge is 0.472 e. The van der Waals surface area contributed by atoms with E-state index in [9.17, 15) is 18.0 Å². The molecule has 1 N–H and O–H groups in total. The third kappa shape index (κ3) is 4.03. The molecule has 140 valence electrons. The number of pyridine rings is 2. The molecule has 1 amide bonds. The zero-order valence-electron chi connectivity index (χ0n) is 14.0. The van der Waals surface area contributed by atoms with Gasteiger partial charge in [-0.15, -0.1) is 5.10 Å². The van der Waals surface area contributed by atoms with Crippen molar-refractivity contribution in [1.82, 2.24) is 20.2 Å². The molecule has 0 fully saturated rings. The van der Waals surface area contributed by atoms with Crippen molar-refractivity contribution in [2.24, 2.45) is 0 Å². The van der Waals surface area contributed by atoms with E-state index in [0.29, 0.717) is 5.69 Å². The third-order valence-electron chi connectivity index (χ3n) is 3.50. The van der Waals surface area contributed by atoms with Crippen LogP contribution in [-0.2, 0) is 6.18 Å². The topological polar surface area (TPSA) is 89.9 Å². The average Bonchev–Trinajstić information content (AvgIpc) is 3.08. The molecular weight excluding hydrogens is 383 g/mol. The molecule has 0 bridgehead atoms. The van der Waals surface area contributed by atoms with Crippen molar-refractivity contribution in [3.63, 3.8) is 0 Å². The molecule has 0 saturated carbocycles. The molecule has 0 aromatic carbocycles. The van der Waals surface area contributed by atoms with E-state index >= 15 is 0 Å². The number of nitrogens with zero attached hydrogens (tertiary/aromatic N) is 4. The van der Waals surface area contributed by atoms with Gasteiger partial charge in [0.15, 0.2) is 0 Å². The number of nitrogens with one attached hydrogen (secondary N) is 1. The molecule has 3 aromatic heterocycles. The van der Waals surface area contributed by atoms with E-state index in [-0.39, 0.29) is 27.0 Å². The predicted octanol–water partition coefficient (Wildman–Crippen LogP) is 3.58. The first-order valence-corrected chi connectivity index (χ1v) is 8.28. The zero-order chi connectivity index (χ0) is 19.6. The van der Waals surface area contributed by atoms with E-state index in [2.05, 4.69) is 25.5 Å². The van der Waals surface area contributed by atoms with Crippen LogP contribution in [-0.4, -0.2) is 33.2 Å². The first-order valence-electron chi connectivity index (χ1n) is 7.46. The van der Waals surface area contributed by atoms with Gasteiger partial charge in [0, 0.05) is 29.8 Å². The summed E-state index contributed by atoms with van der Waals surface area (Å²) in [5, 5.41) is 10.3. The van der Waals surface area contributed by atoms with Crippen LogP contribution in [0.15, 0.2) is 30.7 Å². The number of alkyl halides is 3. The molecule has 0 atom stereocenters. The van der Waals surface area contributed by atoms with Gasteiger partial charge in [0.25, 0.3) is 11.1 Å². The summed E-state index contributed by atoms with van der Waals surface area (Å²) in [6.07, 6.45) is -1.27. The van der Waals surface area contributed by atoms with Crippen LogP contribution in [0.4, 0.5) is 18.3 Å². The Morgan fingerprint density at radius 2 is 2.00 bits per heavy atom. The highest BCUT2D eigenvalue weighted by Crippen LogP contribution is 2.38. The summed E-state index contributed by atoms with van der Waals surface area (Å²) >= 11 is 0.979. The van der Waals surface area contributed by atoms with Crippen LogP contribution in [0.25, 0.3) is 11.1 Å². The molecule has 0 aliphatic heterocycles. The minimum Gasteiger partial charge on any atom is -0.472 e. The second kappa shape index (κ2) is 7.27.